The normalized spacial score (nSPS) is 10.7. The molecule has 2 rings (SSSR count). The third kappa shape index (κ3) is 3.11. The minimum atomic E-state index is -0.697. The number of rotatable bonds is 3. The van der Waals surface area contributed by atoms with E-state index in [4.69, 9.17) is 5.11 Å². The number of benzene rings is 2. The molecule has 0 aliphatic carbocycles. The summed E-state index contributed by atoms with van der Waals surface area (Å²) in [4.78, 5) is 11.6. The zero-order valence-corrected chi connectivity index (χ0v) is 10.2. The molecule has 0 bridgehead atoms. The highest BCUT2D eigenvalue weighted by Gasteiger charge is 2.09. The molecule has 2 aromatic carbocycles. The van der Waals surface area contributed by atoms with Crippen molar-refractivity contribution in [2.45, 2.75) is 0 Å². The number of phenolic OH excluding ortho intramolecular Hbond substituents is 2. The number of nitrogens with zero attached hydrogens (tertiary/aromatic N) is 1. The number of hydrazone groups is 1. The summed E-state index contributed by atoms with van der Waals surface area (Å²) in [5, 5.41) is 22.2. The van der Waals surface area contributed by atoms with Gasteiger partial charge in [-0.05, 0) is 24.3 Å². The fourth-order valence-electron chi connectivity index (χ4n) is 1.51. The first-order valence-corrected chi connectivity index (χ1v) is 5.68. The summed E-state index contributed by atoms with van der Waals surface area (Å²) in [7, 11) is 0. The molecule has 2 aromatic rings. The number of halogens is 1. The number of carbonyl (C=O) groups is 1. The molecule has 0 saturated carbocycles. The first-order chi connectivity index (χ1) is 9.58. The number of aromatic hydroxyl groups is 2. The fraction of sp³-hybridized carbons (Fsp3) is 0. The largest absolute Gasteiger partial charge is 0.508 e. The Morgan fingerprint density at radius 3 is 2.65 bits per heavy atom. The van der Waals surface area contributed by atoms with Gasteiger partial charge < -0.3 is 10.2 Å². The van der Waals surface area contributed by atoms with E-state index in [0.29, 0.717) is 5.56 Å². The molecule has 0 spiro atoms. The molecule has 0 radical (unpaired) electrons. The smallest absolute Gasteiger partial charge is 0.274 e. The van der Waals surface area contributed by atoms with E-state index < -0.39 is 11.7 Å². The first-order valence-electron chi connectivity index (χ1n) is 5.68. The zero-order chi connectivity index (χ0) is 14.5. The topological polar surface area (TPSA) is 81.9 Å². The van der Waals surface area contributed by atoms with E-state index in [-0.39, 0.29) is 17.1 Å². The first kappa shape index (κ1) is 13.5. The summed E-state index contributed by atoms with van der Waals surface area (Å²) in [6, 6.07) is 9.43. The summed E-state index contributed by atoms with van der Waals surface area (Å²) in [5.41, 5.74) is 2.32. The summed E-state index contributed by atoms with van der Waals surface area (Å²) < 4.78 is 13.3. The van der Waals surface area contributed by atoms with Gasteiger partial charge in [0.15, 0.2) is 0 Å². The van der Waals surface area contributed by atoms with Crippen LogP contribution in [0, 0.1) is 5.82 Å². The molecule has 0 aliphatic heterocycles. The molecule has 0 aliphatic rings. The van der Waals surface area contributed by atoms with Crippen molar-refractivity contribution in [3.05, 3.63) is 59.4 Å². The molecule has 0 atom stereocenters. The average molecular weight is 274 g/mol. The lowest BCUT2D eigenvalue weighted by Crippen LogP contribution is -2.18. The van der Waals surface area contributed by atoms with Gasteiger partial charge in [-0.2, -0.15) is 5.10 Å². The molecule has 102 valence electrons. The molecule has 1 amide bonds. The zero-order valence-electron chi connectivity index (χ0n) is 10.2. The van der Waals surface area contributed by atoms with Crippen molar-refractivity contribution >= 4 is 12.1 Å². The van der Waals surface area contributed by atoms with Crippen molar-refractivity contribution < 1.29 is 19.4 Å². The highest BCUT2D eigenvalue weighted by molar-refractivity contribution is 5.95. The Bertz CT molecular complexity index is 671. The minimum absolute atomic E-state index is 0.0879. The standard InChI is InChI=1S/C14H11FN2O3/c15-12-4-2-1-3-11(12)14(20)17-16-8-9-5-6-10(18)7-13(9)19/h1-8,18-19H,(H,17,20)/b16-8+. The van der Waals surface area contributed by atoms with E-state index in [2.05, 4.69) is 10.5 Å². The van der Waals surface area contributed by atoms with Gasteiger partial charge in [-0.3, -0.25) is 4.79 Å². The van der Waals surface area contributed by atoms with Gasteiger partial charge in [0.2, 0.25) is 0 Å². The van der Waals surface area contributed by atoms with Crippen LogP contribution in [0.3, 0.4) is 0 Å². The van der Waals surface area contributed by atoms with Crippen LogP contribution in [0.2, 0.25) is 0 Å². The Balaban J connectivity index is 2.07. The van der Waals surface area contributed by atoms with Gasteiger partial charge in [0.05, 0.1) is 11.8 Å². The Hall–Kier alpha value is -2.89. The van der Waals surface area contributed by atoms with Crippen LogP contribution in [0.5, 0.6) is 11.5 Å². The third-order valence-electron chi connectivity index (χ3n) is 2.50. The van der Waals surface area contributed by atoms with Crippen LogP contribution in [0.1, 0.15) is 15.9 Å². The number of hydrogen-bond acceptors (Lipinski definition) is 4. The van der Waals surface area contributed by atoms with Crippen LogP contribution in [0.25, 0.3) is 0 Å². The monoisotopic (exact) mass is 274 g/mol. The second kappa shape index (κ2) is 5.83. The lowest BCUT2D eigenvalue weighted by molar-refractivity contribution is 0.0951. The van der Waals surface area contributed by atoms with Crippen LogP contribution in [0.4, 0.5) is 4.39 Å². The number of hydrogen-bond donors (Lipinski definition) is 3. The van der Waals surface area contributed by atoms with E-state index in [9.17, 15) is 14.3 Å². The highest BCUT2D eigenvalue weighted by Crippen LogP contribution is 2.20. The number of nitrogens with one attached hydrogen (secondary N) is 1. The van der Waals surface area contributed by atoms with Crippen molar-refractivity contribution in [1.29, 1.82) is 0 Å². The fourth-order valence-corrected chi connectivity index (χ4v) is 1.51. The van der Waals surface area contributed by atoms with Crippen LogP contribution in [0.15, 0.2) is 47.6 Å². The van der Waals surface area contributed by atoms with Gasteiger partial charge in [-0.15, -0.1) is 0 Å². The van der Waals surface area contributed by atoms with Gasteiger partial charge in [-0.1, -0.05) is 12.1 Å². The molecular formula is C14H11FN2O3. The summed E-state index contributed by atoms with van der Waals surface area (Å²) in [6.45, 7) is 0. The number of phenols is 2. The third-order valence-corrected chi connectivity index (χ3v) is 2.50. The molecule has 20 heavy (non-hydrogen) atoms. The van der Waals surface area contributed by atoms with Gasteiger partial charge in [-0.25, -0.2) is 9.82 Å². The highest BCUT2D eigenvalue weighted by atomic mass is 19.1. The summed E-state index contributed by atoms with van der Waals surface area (Å²) in [6.07, 6.45) is 1.19. The van der Waals surface area contributed by atoms with Crippen LogP contribution >= 0.6 is 0 Å². The summed E-state index contributed by atoms with van der Waals surface area (Å²) >= 11 is 0. The molecule has 5 nitrogen and oxygen atoms in total. The Morgan fingerprint density at radius 2 is 1.95 bits per heavy atom. The van der Waals surface area contributed by atoms with Gasteiger partial charge in [0, 0.05) is 11.6 Å². The SMILES string of the molecule is O=C(N/N=C/c1ccc(O)cc1O)c1ccccc1F. The van der Waals surface area contributed by atoms with Crippen LogP contribution in [-0.4, -0.2) is 22.3 Å². The average Bonchev–Trinajstić information content (AvgIpc) is 2.41. The predicted molar refractivity (Wildman–Crippen MR) is 71.2 cm³/mol. The van der Waals surface area contributed by atoms with Gasteiger partial charge in [0.25, 0.3) is 5.91 Å². The van der Waals surface area contributed by atoms with Gasteiger partial charge in [0.1, 0.15) is 17.3 Å². The maximum atomic E-state index is 13.3. The van der Waals surface area contributed by atoms with Crippen molar-refractivity contribution in [2.75, 3.05) is 0 Å². The van der Waals surface area contributed by atoms with Crippen molar-refractivity contribution in [1.82, 2.24) is 5.43 Å². The van der Waals surface area contributed by atoms with Crippen molar-refractivity contribution in [2.24, 2.45) is 5.10 Å². The Morgan fingerprint density at radius 1 is 1.20 bits per heavy atom. The lowest BCUT2D eigenvalue weighted by Gasteiger charge is -2.01. The second-order valence-corrected chi connectivity index (χ2v) is 3.92. The molecule has 0 aromatic heterocycles. The van der Waals surface area contributed by atoms with E-state index in [1.807, 2.05) is 0 Å². The Kier molecular flexibility index (Phi) is 3.95. The molecular weight excluding hydrogens is 263 g/mol. The van der Waals surface area contributed by atoms with E-state index in [1.54, 1.807) is 0 Å². The van der Waals surface area contributed by atoms with E-state index in [1.165, 1.54) is 42.6 Å². The second-order valence-electron chi connectivity index (χ2n) is 3.92. The molecule has 0 unspecified atom stereocenters. The van der Waals surface area contributed by atoms with Crippen LogP contribution in [-0.2, 0) is 0 Å². The molecule has 0 saturated heterocycles. The molecule has 3 N–H and O–H groups in total. The van der Waals surface area contributed by atoms with Crippen LogP contribution < -0.4 is 5.43 Å². The van der Waals surface area contributed by atoms with E-state index in [0.717, 1.165) is 6.07 Å². The molecule has 0 fully saturated rings. The van der Waals surface area contributed by atoms with Crippen molar-refractivity contribution in [3.8, 4) is 11.5 Å². The molecule has 6 heteroatoms. The maximum Gasteiger partial charge on any atom is 0.274 e. The number of amides is 1. The number of carbonyl (C=O) groups excluding carboxylic acids is 1. The predicted octanol–water partition coefficient (Wildman–Crippen LogP) is 2.00. The summed E-state index contributed by atoms with van der Waals surface area (Å²) in [5.74, 6) is -1.62. The van der Waals surface area contributed by atoms with E-state index >= 15 is 0 Å². The van der Waals surface area contributed by atoms with Crippen molar-refractivity contribution in [3.63, 3.8) is 0 Å². The quantitative estimate of drug-likeness (QED) is 0.591. The maximum absolute atomic E-state index is 13.3. The molecule has 0 heterocycles. The lowest BCUT2D eigenvalue weighted by atomic mass is 10.2. The minimum Gasteiger partial charge on any atom is -0.508 e. The Labute approximate surface area is 114 Å². The van der Waals surface area contributed by atoms with Gasteiger partial charge >= 0.3 is 0 Å².